The van der Waals surface area contributed by atoms with Crippen LogP contribution in [-0.2, 0) is 0 Å². The van der Waals surface area contributed by atoms with Crippen molar-refractivity contribution in [3.05, 3.63) is 34.1 Å². The van der Waals surface area contributed by atoms with E-state index < -0.39 is 5.82 Å². The van der Waals surface area contributed by atoms with Gasteiger partial charge in [0.05, 0.1) is 22.5 Å². The SMILES string of the molecule is CCC(CC#N)NC(=O)c1cccc(F)c1Br. The Kier molecular flexibility index (Phi) is 5.11. The predicted octanol–water partition coefficient (Wildman–Crippen LogP) is 3.01. The molecule has 0 aliphatic carbocycles. The number of nitrogens with one attached hydrogen (secondary N) is 1. The van der Waals surface area contributed by atoms with Crippen LogP contribution in [0.15, 0.2) is 22.7 Å². The average Bonchev–Trinajstić information content (AvgIpc) is 2.31. The normalized spacial score (nSPS) is 11.6. The second-order valence-electron chi connectivity index (χ2n) is 3.54. The number of hydrogen-bond donors (Lipinski definition) is 1. The number of nitriles is 1. The van der Waals surface area contributed by atoms with Crippen molar-refractivity contribution in [2.75, 3.05) is 0 Å². The summed E-state index contributed by atoms with van der Waals surface area (Å²) in [5.74, 6) is -0.857. The van der Waals surface area contributed by atoms with Gasteiger partial charge in [-0.15, -0.1) is 0 Å². The van der Waals surface area contributed by atoms with E-state index in [2.05, 4.69) is 21.2 Å². The van der Waals surface area contributed by atoms with E-state index in [1.165, 1.54) is 18.2 Å². The minimum Gasteiger partial charge on any atom is -0.348 e. The zero-order valence-electron chi connectivity index (χ0n) is 9.34. The molecule has 3 nitrogen and oxygen atoms in total. The summed E-state index contributed by atoms with van der Waals surface area (Å²) in [6.45, 7) is 1.88. The highest BCUT2D eigenvalue weighted by Gasteiger charge is 2.16. The fraction of sp³-hybridized carbons (Fsp3) is 0.333. The molecular formula is C12H12BrFN2O. The maximum Gasteiger partial charge on any atom is 0.252 e. The Hall–Kier alpha value is -1.41. The third-order valence-electron chi connectivity index (χ3n) is 2.36. The van der Waals surface area contributed by atoms with Crippen LogP contribution >= 0.6 is 15.9 Å². The molecule has 0 heterocycles. The molecule has 1 rings (SSSR count). The maximum atomic E-state index is 13.2. The molecule has 1 aromatic carbocycles. The smallest absolute Gasteiger partial charge is 0.252 e. The van der Waals surface area contributed by atoms with Gasteiger partial charge in [0.2, 0.25) is 0 Å². The first-order chi connectivity index (χ1) is 8.10. The first-order valence-corrected chi connectivity index (χ1v) is 6.01. The quantitative estimate of drug-likeness (QED) is 0.929. The van der Waals surface area contributed by atoms with Crippen LogP contribution in [0.25, 0.3) is 0 Å². The molecule has 0 spiro atoms. The molecule has 90 valence electrons. The molecule has 1 amide bonds. The van der Waals surface area contributed by atoms with E-state index in [-0.39, 0.29) is 28.4 Å². The van der Waals surface area contributed by atoms with E-state index in [0.29, 0.717) is 6.42 Å². The molecule has 1 atom stereocenters. The van der Waals surface area contributed by atoms with Crippen LogP contribution in [-0.4, -0.2) is 11.9 Å². The average molecular weight is 299 g/mol. The van der Waals surface area contributed by atoms with Gasteiger partial charge in [-0.05, 0) is 34.5 Å². The minimum absolute atomic E-state index is 0.143. The maximum absolute atomic E-state index is 13.2. The summed E-state index contributed by atoms with van der Waals surface area (Å²) in [5.41, 5.74) is 0.237. The number of benzene rings is 1. The van der Waals surface area contributed by atoms with Gasteiger partial charge in [0.15, 0.2) is 0 Å². The van der Waals surface area contributed by atoms with Crippen molar-refractivity contribution < 1.29 is 9.18 Å². The van der Waals surface area contributed by atoms with Gasteiger partial charge in [-0.3, -0.25) is 4.79 Å². The lowest BCUT2D eigenvalue weighted by Crippen LogP contribution is -2.34. The molecule has 0 aliphatic heterocycles. The molecule has 0 saturated heterocycles. The summed E-state index contributed by atoms with van der Waals surface area (Å²) in [7, 11) is 0. The molecule has 0 aromatic heterocycles. The van der Waals surface area contributed by atoms with E-state index in [9.17, 15) is 9.18 Å². The zero-order chi connectivity index (χ0) is 12.8. The minimum atomic E-state index is -0.481. The highest BCUT2D eigenvalue weighted by atomic mass is 79.9. The lowest BCUT2D eigenvalue weighted by molar-refractivity contribution is 0.0935. The van der Waals surface area contributed by atoms with Crippen molar-refractivity contribution in [1.82, 2.24) is 5.32 Å². The Morgan fingerprint density at radius 2 is 2.35 bits per heavy atom. The van der Waals surface area contributed by atoms with E-state index >= 15 is 0 Å². The van der Waals surface area contributed by atoms with E-state index in [1.54, 1.807) is 0 Å². The van der Waals surface area contributed by atoms with Crippen molar-refractivity contribution in [1.29, 1.82) is 5.26 Å². The number of halogens is 2. The Balaban J connectivity index is 2.83. The number of nitrogens with zero attached hydrogens (tertiary/aromatic N) is 1. The van der Waals surface area contributed by atoms with Crippen molar-refractivity contribution in [3.8, 4) is 6.07 Å². The van der Waals surface area contributed by atoms with Crippen LogP contribution in [0.5, 0.6) is 0 Å². The Bertz CT molecular complexity index is 456. The molecule has 1 N–H and O–H groups in total. The van der Waals surface area contributed by atoms with Gasteiger partial charge < -0.3 is 5.32 Å². The standard InChI is InChI=1S/C12H12BrFN2O/c1-2-8(6-7-15)16-12(17)9-4-3-5-10(14)11(9)13/h3-5,8H,2,6H2,1H3,(H,16,17). The van der Waals surface area contributed by atoms with Crippen LogP contribution < -0.4 is 5.32 Å². The molecule has 0 aliphatic rings. The topological polar surface area (TPSA) is 52.9 Å². The lowest BCUT2D eigenvalue weighted by atomic mass is 10.1. The predicted molar refractivity (Wildman–Crippen MR) is 65.9 cm³/mol. The highest BCUT2D eigenvalue weighted by molar-refractivity contribution is 9.10. The van der Waals surface area contributed by atoms with Crippen LogP contribution in [0, 0.1) is 17.1 Å². The van der Waals surface area contributed by atoms with Gasteiger partial charge in [0.25, 0.3) is 5.91 Å². The largest absolute Gasteiger partial charge is 0.348 e. The highest BCUT2D eigenvalue weighted by Crippen LogP contribution is 2.20. The summed E-state index contributed by atoms with van der Waals surface area (Å²) < 4.78 is 13.4. The molecule has 0 saturated carbocycles. The summed E-state index contributed by atoms with van der Waals surface area (Å²) in [4.78, 5) is 11.8. The zero-order valence-corrected chi connectivity index (χ0v) is 10.9. The van der Waals surface area contributed by atoms with Crippen molar-refractivity contribution >= 4 is 21.8 Å². The van der Waals surface area contributed by atoms with Crippen LogP contribution in [0.3, 0.4) is 0 Å². The number of hydrogen-bond acceptors (Lipinski definition) is 2. The first kappa shape index (κ1) is 13.7. The van der Waals surface area contributed by atoms with Crippen molar-refractivity contribution in [3.63, 3.8) is 0 Å². The first-order valence-electron chi connectivity index (χ1n) is 5.22. The molecule has 1 aromatic rings. The van der Waals surface area contributed by atoms with Gasteiger partial charge in [-0.25, -0.2) is 4.39 Å². The molecule has 1 unspecified atom stereocenters. The van der Waals surface area contributed by atoms with E-state index in [4.69, 9.17) is 5.26 Å². The molecule has 0 radical (unpaired) electrons. The molecular weight excluding hydrogens is 287 g/mol. The lowest BCUT2D eigenvalue weighted by Gasteiger charge is -2.14. The number of carbonyl (C=O) groups excluding carboxylic acids is 1. The van der Waals surface area contributed by atoms with E-state index in [1.807, 2.05) is 13.0 Å². The molecule has 17 heavy (non-hydrogen) atoms. The number of carbonyl (C=O) groups is 1. The van der Waals surface area contributed by atoms with Gasteiger partial charge in [0, 0.05) is 6.04 Å². The van der Waals surface area contributed by atoms with Crippen LogP contribution in [0.4, 0.5) is 4.39 Å². The summed E-state index contributed by atoms with van der Waals surface area (Å²) in [6.07, 6.45) is 0.904. The van der Waals surface area contributed by atoms with Gasteiger partial charge in [-0.2, -0.15) is 5.26 Å². The fourth-order valence-electron chi connectivity index (χ4n) is 1.35. The number of amides is 1. The van der Waals surface area contributed by atoms with Crippen molar-refractivity contribution in [2.24, 2.45) is 0 Å². The molecule has 5 heteroatoms. The van der Waals surface area contributed by atoms with Crippen LogP contribution in [0.2, 0.25) is 0 Å². The monoisotopic (exact) mass is 298 g/mol. The van der Waals surface area contributed by atoms with Crippen LogP contribution in [0.1, 0.15) is 30.1 Å². The number of rotatable bonds is 4. The second kappa shape index (κ2) is 6.36. The third-order valence-corrected chi connectivity index (χ3v) is 3.17. The second-order valence-corrected chi connectivity index (χ2v) is 4.34. The van der Waals surface area contributed by atoms with E-state index in [0.717, 1.165) is 0 Å². The van der Waals surface area contributed by atoms with Gasteiger partial charge in [0.1, 0.15) is 5.82 Å². The summed E-state index contributed by atoms with van der Waals surface area (Å²) in [6, 6.07) is 6.07. The fourth-order valence-corrected chi connectivity index (χ4v) is 1.79. The summed E-state index contributed by atoms with van der Waals surface area (Å²) in [5, 5.41) is 11.3. The van der Waals surface area contributed by atoms with Gasteiger partial charge in [-0.1, -0.05) is 13.0 Å². The van der Waals surface area contributed by atoms with Crippen molar-refractivity contribution in [2.45, 2.75) is 25.8 Å². The van der Waals surface area contributed by atoms with Gasteiger partial charge >= 0.3 is 0 Å². The Morgan fingerprint density at radius 1 is 1.65 bits per heavy atom. The molecule has 0 bridgehead atoms. The Morgan fingerprint density at radius 3 is 2.94 bits per heavy atom. The Labute approximate surface area is 108 Å². The summed E-state index contributed by atoms with van der Waals surface area (Å²) >= 11 is 3.03. The third kappa shape index (κ3) is 3.53. The molecule has 0 fully saturated rings.